The van der Waals surface area contributed by atoms with Gasteiger partial charge in [-0.25, -0.2) is 13.2 Å². The van der Waals surface area contributed by atoms with Crippen LogP contribution in [0, 0.1) is 0 Å². The third-order valence-corrected chi connectivity index (χ3v) is 7.34. The Morgan fingerprint density at radius 3 is 2.50 bits per heavy atom. The first-order valence-corrected chi connectivity index (χ1v) is 12.7. The van der Waals surface area contributed by atoms with Gasteiger partial charge < -0.3 is 19.5 Å². The zero-order valence-corrected chi connectivity index (χ0v) is 20.0. The highest BCUT2D eigenvalue weighted by Gasteiger charge is 2.29. The van der Waals surface area contributed by atoms with Gasteiger partial charge in [-0.1, -0.05) is 0 Å². The molecular weight excluding hydrogens is 456 g/mol. The van der Waals surface area contributed by atoms with E-state index in [1.54, 1.807) is 13.0 Å². The van der Waals surface area contributed by atoms with E-state index in [0.29, 0.717) is 22.1 Å². The number of thiophene rings is 1. The third-order valence-electron chi connectivity index (χ3n) is 5.00. The number of amides is 1. The number of benzene rings is 1. The molecule has 0 atom stereocenters. The van der Waals surface area contributed by atoms with Gasteiger partial charge in [-0.2, -0.15) is 0 Å². The minimum Gasteiger partial charge on any atom is -0.493 e. The van der Waals surface area contributed by atoms with Crippen LogP contribution in [0.5, 0.6) is 11.5 Å². The smallest absolute Gasteiger partial charge is 0.341 e. The Hall–Kier alpha value is -2.79. The van der Waals surface area contributed by atoms with Crippen LogP contribution in [0.15, 0.2) is 18.2 Å². The molecule has 3 rings (SSSR count). The van der Waals surface area contributed by atoms with Crippen molar-refractivity contribution in [1.82, 2.24) is 0 Å². The van der Waals surface area contributed by atoms with E-state index < -0.39 is 28.4 Å². The standard InChI is InChI=1S/C21H26N2O7S2/c1-5-30-21(25)19-14-7-6-8-17(14)31-20(19)22-18(24)12-23(32(4,26)27)13-9-10-15(28-2)16(11-13)29-3/h9-11H,5-8,12H2,1-4H3,(H,22,24). The molecule has 0 saturated heterocycles. The van der Waals surface area contributed by atoms with Crippen LogP contribution in [-0.2, 0) is 32.4 Å². The Kier molecular flexibility index (Phi) is 7.29. The van der Waals surface area contributed by atoms with Crippen molar-refractivity contribution in [2.75, 3.05) is 43.2 Å². The number of hydrogen-bond acceptors (Lipinski definition) is 8. The highest BCUT2D eigenvalue weighted by Crippen LogP contribution is 2.39. The van der Waals surface area contributed by atoms with Gasteiger partial charge in [0.05, 0.1) is 38.3 Å². The second kappa shape index (κ2) is 9.78. The number of esters is 1. The molecule has 1 aromatic heterocycles. The number of anilines is 2. The van der Waals surface area contributed by atoms with Gasteiger partial charge in [-0.3, -0.25) is 9.10 Å². The van der Waals surface area contributed by atoms with Crippen LogP contribution in [0.1, 0.15) is 34.1 Å². The number of fused-ring (bicyclic) bond motifs is 1. The zero-order valence-electron chi connectivity index (χ0n) is 18.4. The number of rotatable bonds is 9. The summed E-state index contributed by atoms with van der Waals surface area (Å²) in [6.07, 6.45) is 3.55. The molecule has 0 spiro atoms. The number of sulfonamides is 1. The Morgan fingerprint density at radius 2 is 1.88 bits per heavy atom. The van der Waals surface area contributed by atoms with Gasteiger partial charge >= 0.3 is 5.97 Å². The molecule has 0 bridgehead atoms. The molecule has 1 aromatic carbocycles. The summed E-state index contributed by atoms with van der Waals surface area (Å²) in [7, 11) is -0.886. The maximum atomic E-state index is 12.9. The summed E-state index contributed by atoms with van der Waals surface area (Å²) in [5.41, 5.74) is 1.53. The molecule has 1 N–H and O–H groups in total. The van der Waals surface area contributed by atoms with Crippen LogP contribution >= 0.6 is 11.3 Å². The Bertz CT molecular complexity index is 1130. The van der Waals surface area contributed by atoms with Crippen molar-refractivity contribution in [1.29, 1.82) is 0 Å². The molecule has 0 unspecified atom stereocenters. The predicted molar refractivity (Wildman–Crippen MR) is 123 cm³/mol. The fourth-order valence-corrected chi connectivity index (χ4v) is 5.73. The lowest BCUT2D eigenvalue weighted by Gasteiger charge is -2.23. The van der Waals surface area contributed by atoms with E-state index in [2.05, 4.69) is 5.32 Å². The fourth-order valence-electron chi connectivity index (χ4n) is 3.59. The molecule has 174 valence electrons. The summed E-state index contributed by atoms with van der Waals surface area (Å²) >= 11 is 1.34. The van der Waals surface area contributed by atoms with Gasteiger partial charge in [0.25, 0.3) is 0 Å². The lowest BCUT2D eigenvalue weighted by Crippen LogP contribution is -2.37. The van der Waals surface area contributed by atoms with Gasteiger partial charge in [0, 0.05) is 10.9 Å². The number of carbonyl (C=O) groups is 2. The van der Waals surface area contributed by atoms with E-state index in [1.807, 2.05) is 0 Å². The molecule has 0 fully saturated rings. The summed E-state index contributed by atoms with van der Waals surface area (Å²) in [4.78, 5) is 26.4. The Labute approximate surface area is 191 Å². The van der Waals surface area contributed by atoms with E-state index in [4.69, 9.17) is 14.2 Å². The van der Waals surface area contributed by atoms with Gasteiger partial charge in [0.15, 0.2) is 11.5 Å². The van der Waals surface area contributed by atoms with Gasteiger partial charge in [-0.05, 0) is 43.9 Å². The quantitative estimate of drug-likeness (QED) is 0.547. The van der Waals surface area contributed by atoms with Gasteiger partial charge in [-0.15, -0.1) is 11.3 Å². The lowest BCUT2D eigenvalue weighted by molar-refractivity contribution is -0.114. The molecule has 32 heavy (non-hydrogen) atoms. The average molecular weight is 483 g/mol. The monoisotopic (exact) mass is 482 g/mol. The maximum Gasteiger partial charge on any atom is 0.341 e. The van der Waals surface area contributed by atoms with Crippen molar-refractivity contribution in [2.24, 2.45) is 0 Å². The van der Waals surface area contributed by atoms with Crippen molar-refractivity contribution in [3.8, 4) is 11.5 Å². The summed E-state index contributed by atoms with van der Waals surface area (Å²) < 4.78 is 41.5. The van der Waals surface area contributed by atoms with E-state index in [9.17, 15) is 18.0 Å². The second-order valence-corrected chi connectivity index (χ2v) is 10.2. The normalized spacial score (nSPS) is 12.8. The van der Waals surface area contributed by atoms with E-state index in [0.717, 1.165) is 40.3 Å². The number of hydrogen-bond donors (Lipinski definition) is 1. The van der Waals surface area contributed by atoms with Crippen LogP contribution in [0.25, 0.3) is 0 Å². The summed E-state index contributed by atoms with van der Waals surface area (Å²) in [6.45, 7) is 1.47. The van der Waals surface area contributed by atoms with E-state index in [-0.39, 0.29) is 12.3 Å². The number of methoxy groups -OCH3 is 2. The van der Waals surface area contributed by atoms with Gasteiger partial charge in [0.2, 0.25) is 15.9 Å². The summed E-state index contributed by atoms with van der Waals surface area (Å²) in [5.74, 6) is -0.294. The molecule has 1 aliphatic carbocycles. The zero-order chi connectivity index (χ0) is 23.5. The molecule has 0 aliphatic heterocycles. The number of nitrogens with zero attached hydrogens (tertiary/aromatic N) is 1. The number of nitrogens with one attached hydrogen (secondary N) is 1. The Morgan fingerprint density at radius 1 is 1.16 bits per heavy atom. The molecule has 0 radical (unpaired) electrons. The summed E-state index contributed by atoms with van der Waals surface area (Å²) in [6, 6.07) is 4.57. The highest BCUT2D eigenvalue weighted by molar-refractivity contribution is 7.92. The number of carbonyl (C=O) groups excluding carboxylic acids is 2. The minimum absolute atomic E-state index is 0.220. The second-order valence-electron chi connectivity index (χ2n) is 7.14. The molecule has 9 nitrogen and oxygen atoms in total. The van der Waals surface area contributed by atoms with Gasteiger partial charge in [0.1, 0.15) is 11.5 Å². The first kappa shape index (κ1) is 23.9. The van der Waals surface area contributed by atoms with Crippen molar-refractivity contribution in [3.63, 3.8) is 0 Å². The largest absolute Gasteiger partial charge is 0.493 e. The first-order valence-electron chi connectivity index (χ1n) is 10.0. The summed E-state index contributed by atoms with van der Waals surface area (Å²) in [5, 5.41) is 3.11. The third kappa shape index (κ3) is 4.99. The van der Waals surface area contributed by atoms with Crippen molar-refractivity contribution in [3.05, 3.63) is 34.2 Å². The molecule has 1 heterocycles. The number of aryl methyl sites for hydroxylation is 1. The topological polar surface area (TPSA) is 111 Å². The predicted octanol–water partition coefficient (Wildman–Crippen LogP) is 2.84. The van der Waals surface area contributed by atoms with Crippen molar-refractivity contribution in [2.45, 2.75) is 26.2 Å². The Balaban J connectivity index is 1.87. The lowest BCUT2D eigenvalue weighted by atomic mass is 10.1. The number of ether oxygens (including phenoxy) is 3. The molecule has 1 aliphatic rings. The SMILES string of the molecule is CCOC(=O)c1c(NC(=O)CN(c2ccc(OC)c(OC)c2)S(C)(=O)=O)sc2c1CCC2. The van der Waals surface area contributed by atoms with Crippen LogP contribution < -0.4 is 19.1 Å². The molecule has 11 heteroatoms. The van der Waals surface area contributed by atoms with Crippen LogP contribution in [0.2, 0.25) is 0 Å². The van der Waals surface area contributed by atoms with E-state index in [1.165, 1.54) is 37.7 Å². The van der Waals surface area contributed by atoms with Crippen molar-refractivity contribution >= 4 is 43.9 Å². The highest BCUT2D eigenvalue weighted by atomic mass is 32.2. The van der Waals surface area contributed by atoms with Crippen LogP contribution in [0.3, 0.4) is 0 Å². The van der Waals surface area contributed by atoms with E-state index >= 15 is 0 Å². The van der Waals surface area contributed by atoms with Crippen LogP contribution in [0.4, 0.5) is 10.7 Å². The first-order chi connectivity index (χ1) is 15.2. The maximum absolute atomic E-state index is 12.9. The molecule has 1 amide bonds. The molecule has 2 aromatic rings. The fraction of sp³-hybridized carbons (Fsp3) is 0.429. The van der Waals surface area contributed by atoms with Crippen molar-refractivity contribution < 1.29 is 32.2 Å². The molecule has 0 saturated carbocycles. The molecular formula is C21H26N2O7S2. The minimum atomic E-state index is -3.79. The van der Waals surface area contributed by atoms with Crippen LogP contribution in [-0.4, -0.2) is 53.9 Å². The average Bonchev–Trinajstić information content (AvgIpc) is 3.31.